The maximum atomic E-state index is 5.17. The van der Waals surface area contributed by atoms with Crippen LogP contribution in [0.1, 0.15) is 32.0 Å². The fourth-order valence-electron chi connectivity index (χ4n) is 1.82. The first-order valence-electron chi connectivity index (χ1n) is 6.57. The zero-order valence-electron chi connectivity index (χ0n) is 11.6. The summed E-state index contributed by atoms with van der Waals surface area (Å²) in [5.74, 6) is 0.874. The molecule has 1 aromatic carbocycles. The number of thiazole rings is 1. The number of hydrogen-bond acceptors (Lipinski definition) is 4. The van der Waals surface area contributed by atoms with Crippen LogP contribution in [0.5, 0.6) is 5.75 Å². The van der Waals surface area contributed by atoms with Crippen molar-refractivity contribution in [1.29, 1.82) is 0 Å². The highest BCUT2D eigenvalue weighted by atomic mass is 32.1. The number of nitrogens with zero attached hydrogens (tertiary/aromatic N) is 1. The minimum Gasteiger partial charge on any atom is -0.497 e. The summed E-state index contributed by atoms with van der Waals surface area (Å²) in [7, 11) is 1.68. The Balaban J connectivity index is 2.11. The molecule has 0 fully saturated rings. The molecule has 19 heavy (non-hydrogen) atoms. The summed E-state index contributed by atoms with van der Waals surface area (Å²) < 4.78 is 5.17. The fraction of sp³-hybridized carbons (Fsp3) is 0.400. The Labute approximate surface area is 118 Å². The summed E-state index contributed by atoms with van der Waals surface area (Å²) in [6.45, 7) is 5.35. The van der Waals surface area contributed by atoms with Crippen molar-refractivity contribution in [2.24, 2.45) is 0 Å². The van der Waals surface area contributed by atoms with Crippen molar-refractivity contribution in [2.75, 3.05) is 13.7 Å². The predicted octanol–water partition coefficient (Wildman–Crippen LogP) is 3.88. The van der Waals surface area contributed by atoms with Crippen LogP contribution >= 0.6 is 11.3 Å². The monoisotopic (exact) mass is 276 g/mol. The van der Waals surface area contributed by atoms with Gasteiger partial charge in [0.25, 0.3) is 0 Å². The number of nitrogens with one attached hydrogen (secondary N) is 1. The van der Waals surface area contributed by atoms with E-state index in [4.69, 9.17) is 9.72 Å². The molecular weight excluding hydrogens is 256 g/mol. The van der Waals surface area contributed by atoms with E-state index < -0.39 is 0 Å². The van der Waals surface area contributed by atoms with E-state index in [0.717, 1.165) is 35.0 Å². The first kappa shape index (κ1) is 14.0. The number of hydrogen-bond donors (Lipinski definition) is 1. The average molecular weight is 276 g/mol. The second-order valence-electron chi connectivity index (χ2n) is 4.48. The summed E-state index contributed by atoms with van der Waals surface area (Å²) in [6.07, 6.45) is 1.14. The number of methoxy groups -OCH3 is 1. The zero-order chi connectivity index (χ0) is 13.7. The van der Waals surface area contributed by atoms with E-state index in [1.165, 1.54) is 0 Å². The second-order valence-corrected chi connectivity index (χ2v) is 5.34. The largest absolute Gasteiger partial charge is 0.497 e. The zero-order valence-corrected chi connectivity index (χ0v) is 12.5. The number of benzene rings is 1. The molecule has 0 aliphatic rings. The van der Waals surface area contributed by atoms with Gasteiger partial charge >= 0.3 is 0 Å². The average Bonchev–Trinajstić information content (AvgIpc) is 2.94. The lowest BCUT2D eigenvalue weighted by atomic mass is 10.2. The molecule has 0 bridgehead atoms. The Kier molecular flexibility index (Phi) is 4.93. The van der Waals surface area contributed by atoms with Crippen LogP contribution in [-0.4, -0.2) is 18.6 Å². The Hall–Kier alpha value is -1.39. The van der Waals surface area contributed by atoms with Gasteiger partial charge in [-0.15, -0.1) is 11.3 Å². The Morgan fingerprint density at radius 1 is 1.32 bits per heavy atom. The van der Waals surface area contributed by atoms with Gasteiger partial charge in [0.2, 0.25) is 0 Å². The minimum absolute atomic E-state index is 0.309. The summed E-state index contributed by atoms with van der Waals surface area (Å²) in [4.78, 5) is 4.70. The molecule has 0 saturated carbocycles. The summed E-state index contributed by atoms with van der Waals surface area (Å²) in [5, 5.41) is 6.65. The second kappa shape index (κ2) is 6.68. The van der Waals surface area contributed by atoms with E-state index in [9.17, 15) is 0 Å². The third-order valence-electron chi connectivity index (χ3n) is 3.00. The van der Waals surface area contributed by atoms with Crippen LogP contribution in [0.3, 0.4) is 0 Å². The van der Waals surface area contributed by atoms with Crippen LogP contribution in [0.2, 0.25) is 0 Å². The molecule has 0 radical (unpaired) electrons. The van der Waals surface area contributed by atoms with Crippen molar-refractivity contribution in [3.63, 3.8) is 0 Å². The predicted molar refractivity (Wildman–Crippen MR) is 80.8 cm³/mol. The molecule has 1 unspecified atom stereocenters. The van der Waals surface area contributed by atoms with Gasteiger partial charge < -0.3 is 10.1 Å². The van der Waals surface area contributed by atoms with Crippen LogP contribution in [0.25, 0.3) is 10.6 Å². The van der Waals surface area contributed by atoms with Gasteiger partial charge in [-0.2, -0.15) is 0 Å². The Bertz CT molecular complexity index is 507. The summed E-state index contributed by atoms with van der Waals surface area (Å²) in [6, 6.07) is 8.34. The first-order chi connectivity index (χ1) is 9.24. The molecule has 1 aromatic heterocycles. The molecule has 0 spiro atoms. The fourth-order valence-corrected chi connectivity index (χ4v) is 2.74. The molecule has 1 N–H and O–H groups in total. The van der Waals surface area contributed by atoms with E-state index in [-0.39, 0.29) is 0 Å². The van der Waals surface area contributed by atoms with Crippen molar-refractivity contribution in [1.82, 2.24) is 10.3 Å². The molecule has 1 heterocycles. The summed E-state index contributed by atoms with van der Waals surface area (Å²) >= 11 is 1.69. The van der Waals surface area contributed by atoms with Gasteiger partial charge in [0.15, 0.2) is 0 Å². The van der Waals surface area contributed by atoms with Gasteiger partial charge in [0, 0.05) is 17.0 Å². The van der Waals surface area contributed by atoms with Crippen molar-refractivity contribution < 1.29 is 4.74 Å². The van der Waals surface area contributed by atoms with Crippen LogP contribution in [0.4, 0.5) is 0 Å². The maximum absolute atomic E-state index is 5.17. The van der Waals surface area contributed by atoms with E-state index in [0.29, 0.717) is 6.04 Å². The van der Waals surface area contributed by atoms with Crippen molar-refractivity contribution in [2.45, 2.75) is 26.3 Å². The van der Waals surface area contributed by atoms with Gasteiger partial charge in [-0.1, -0.05) is 6.92 Å². The molecule has 0 aliphatic carbocycles. The first-order valence-corrected chi connectivity index (χ1v) is 7.45. The van der Waals surface area contributed by atoms with Crippen LogP contribution in [0.15, 0.2) is 29.6 Å². The molecule has 2 aromatic rings. The molecule has 2 rings (SSSR count). The van der Waals surface area contributed by atoms with Gasteiger partial charge in [0.05, 0.1) is 12.8 Å². The third-order valence-corrected chi connectivity index (χ3v) is 3.91. The smallest absolute Gasteiger partial charge is 0.123 e. The van der Waals surface area contributed by atoms with E-state index in [1.54, 1.807) is 18.4 Å². The number of ether oxygens (including phenoxy) is 1. The van der Waals surface area contributed by atoms with E-state index in [2.05, 4.69) is 24.5 Å². The van der Waals surface area contributed by atoms with Gasteiger partial charge in [-0.05, 0) is 44.2 Å². The molecule has 3 nitrogen and oxygen atoms in total. The molecule has 0 aliphatic heterocycles. The maximum Gasteiger partial charge on any atom is 0.123 e. The summed E-state index contributed by atoms with van der Waals surface area (Å²) in [5.41, 5.74) is 2.25. The van der Waals surface area contributed by atoms with Gasteiger partial charge in [-0.25, -0.2) is 4.98 Å². The number of rotatable bonds is 6. The SMILES string of the molecule is CCCNC(C)c1csc(-c2ccc(OC)cc2)n1. The topological polar surface area (TPSA) is 34.1 Å². The lowest BCUT2D eigenvalue weighted by Crippen LogP contribution is -2.19. The highest BCUT2D eigenvalue weighted by molar-refractivity contribution is 7.13. The number of aromatic nitrogens is 1. The lowest BCUT2D eigenvalue weighted by molar-refractivity contribution is 0.415. The van der Waals surface area contributed by atoms with E-state index >= 15 is 0 Å². The molecule has 0 saturated heterocycles. The molecular formula is C15H20N2OS. The van der Waals surface area contributed by atoms with E-state index in [1.807, 2.05) is 24.3 Å². The van der Waals surface area contributed by atoms with Gasteiger partial charge in [0.1, 0.15) is 10.8 Å². The minimum atomic E-state index is 0.309. The molecule has 1 atom stereocenters. The van der Waals surface area contributed by atoms with Crippen molar-refractivity contribution >= 4 is 11.3 Å². The third kappa shape index (κ3) is 3.55. The van der Waals surface area contributed by atoms with Crippen molar-refractivity contribution in [3.8, 4) is 16.3 Å². The molecule has 102 valence electrons. The van der Waals surface area contributed by atoms with Crippen molar-refractivity contribution in [3.05, 3.63) is 35.3 Å². The molecule has 0 amide bonds. The van der Waals surface area contributed by atoms with Gasteiger partial charge in [-0.3, -0.25) is 0 Å². The van der Waals surface area contributed by atoms with Crippen LogP contribution < -0.4 is 10.1 Å². The quantitative estimate of drug-likeness (QED) is 0.869. The van der Waals surface area contributed by atoms with Crippen LogP contribution in [0, 0.1) is 0 Å². The molecule has 4 heteroatoms. The highest BCUT2D eigenvalue weighted by Crippen LogP contribution is 2.27. The Morgan fingerprint density at radius 3 is 2.68 bits per heavy atom. The highest BCUT2D eigenvalue weighted by Gasteiger charge is 2.10. The normalized spacial score (nSPS) is 12.4. The standard InChI is InChI=1S/C15H20N2OS/c1-4-9-16-11(2)14-10-19-15(17-14)12-5-7-13(18-3)8-6-12/h5-8,10-11,16H,4,9H2,1-3H3. The van der Waals surface area contributed by atoms with Crippen LogP contribution in [-0.2, 0) is 0 Å². The Morgan fingerprint density at radius 2 is 2.05 bits per heavy atom. The lowest BCUT2D eigenvalue weighted by Gasteiger charge is -2.09.